The van der Waals surface area contributed by atoms with Crippen LogP contribution >= 0.6 is 0 Å². The van der Waals surface area contributed by atoms with Gasteiger partial charge < -0.3 is 4.74 Å². The lowest BCUT2D eigenvalue weighted by atomic mass is 9.77. The fourth-order valence-corrected chi connectivity index (χ4v) is 3.10. The van der Waals surface area contributed by atoms with Crippen LogP contribution in [0.15, 0.2) is 60.7 Å². The van der Waals surface area contributed by atoms with Crippen LogP contribution in [0, 0.1) is 0 Å². The molecule has 2 nitrogen and oxygen atoms in total. The molecule has 1 atom stereocenters. The molecule has 0 saturated carbocycles. The summed E-state index contributed by atoms with van der Waals surface area (Å²) in [5.41, 5.74) is 1.92. The lowest BCUT2D eigenvalue weighted by Crippen LogP contribution is -2.33. The first-order valence-electron chi connectivity index (χ1n) is 7.01. The molecule has 102 valence electrons. The lowest BCUT2D eigenvalue weighted by Gasteiger charge is -2.33. The molecule has 1 fully saturated rings. The zero-order valence-electron chi connectivity index (χ0n) is 11.6. The van der Waals surface area contributed by atoms with Crippen molar-refractivity contribution in [2.75, 3.05) is 0 Å². The Labute approximate surface area is 119 Å². The molecule has 0 bridgehead atoms. The van der Waals surface area contributed by atoms with Gasteiger partial charge in [0.05, 0.1) is 0 Å². The van der Waals surface area contributed by atoms with Gasteiger partial charge in [0.1, 0.15) is 5.60 Å². The average Bonchev–Trinajstić information content (AvgIpc) is 2.81. The Balaban J connectivity index is 2.07. The summed E-state index contributed by atoms with van der Waals surface area (Å²) >= 11 is 0. The molecule has 0 aromatic heterocycles. The second-order valence-corrected chi connectivity index (χ2v) is 5.54. The van der Waals surface area contributed by atoms with E-state index in [1.807, 2.05) is 43.3 Å². The molecule has 1 saturated heterocycles. The largest absolute Gasteiger partial charge is 0.458 e. The van der Waals surface area contributed by atoms with Crippen LogP contribution in [-0.4, -0.2) is 11.6 Å². The third-order valence-corrected chi connectivity index (χ3v) is 4.05. The van der Waals surface area contributed by atoms with Gasteiger partial charge in [0, 0.05) is 12.3 Å². The predicted octanol–water partition coefficient (Wildman–Crippen LogP) is 3.91. The van der Waals surface area contributed by atoms with Crippen LogP contribution in [0.2, 0.25) is 0 Å². The SMILES string of the molecule is CC1(C(c2ccccc2)c2ccccc2)CCC(=O)O1. The van der Waals surface area contributed by atoms with E-state index in [0.717, 1.165) is 6.42 Å². The normalized spacial score (nSPS) is 22.0. The van der Waals surface area contributed by atoms with Crippen LogP contribution in [0.25, 0.3) is 0 Å². The summed E-state index contributed by atoms with van der Waals surface area (Å²) in [4.78, 5) is 11.6. The molecule has 0 N–H and O–H groups in total. The molecule has 2 aromatic carbocycles. The highest BCUT2D eigenvalue weighted by atomic mass is 16.6. The fraction of sp³-hybridized carbons (Fsp3) is 0.278. The molecular weight excluding hydrogens is 248 g/mol. The minimum absolute atomic E-state index is 0.0800. The van der Waals surface area contributed by atoms with Gasteiger partial charge in [0.2, 0.25) is 0 Å². The summed E-state index contributed by atoms with van der Waals surface area (Å²) in [7, 11) is 0. The Bertz CT molecular complexity index is 552. The highest BCUT2D eigenvalue weighted by molar-refractivity contribution is 5.72. The number of esters is 1. The van der Waals surface area contributed by atoms with Crippen molar-refractivity contribution in [1.82, 2.24) is 0 Å². The number of rotatable bonds is 3. The van der Waals surface area contributed by atoms with E-state index < -0.39 is 5.60 Å². The molecule has 20 heavy (non-hydrogen) atoms. The van der Waals surface area contributed by atoms with Crippen molar-refractivity contribution < 1.29 is 9.53 Å². The van der Waals surface area contributed by atoms with Crippen LogP contribution in [0.1, 0.15) is 36.8 Å². The third-order valence-electron chi connectivity index (χ3n) is 4.05. The molecule has 1 aliphatic heterocycles. The van der Waals surface area contributed by atoms with E-state index in [4.69, 9.17) is 4.74 Å². The number of carbonyl (C=O) groups is 1. The van der Waals surface area contributed by atoms with Crippen molar-refractivity contribution in [3.05, 3.63) is 71.8 Å². The summed E-state index contributed by atoms with van der Waals surface area (Å²) in [6, 6.07) is 20.6. The van der Waals surface area contributed by atoms with E-state index in [-0.39, 0.29) is 11.9 Å². The van der Waals surface area contributed by atoms with Gasteiger partial charge in [0.15, 0.2) is 0 Å². The predicted molar refractivity (Wildman–Crippen MR) is 78.5 cm³/mol. The Morgan fingerprint density at radius 3 is 1.85 bits per heavy atom. The molecule has 2 aromatic rings. The summed E-state index contributed by atoms with van der Waals surface area (Å²) in [6.07, 6.45) is 1.27. The summed E-state index contributed by atoms with van der Waals surface area (Å²) in [5.74, 6) is -0.0132. The summed E-state index contributed by atoms with van der Waals surface area (Å²) in [6.45, 7) is 2.04. The van der Waals surface area contributed by atoms with E-state index in [0.29, 0.717) is 6.42 Å². The van der Waals surface area contributed by atoms with E-state index in [9.17, 15) is 4.79 Å². The van der Waals surface area contributed by atoms with Crippen molar-refractivity contribution in [2.45, 2.75) is 31.3 Å². The van der Waals surface area contributed by atoms with E-state index >= 15 is 0 Å². The first-order chi connectivity index (χ1) is 9.69. The number of ether oxygens (including phenoxy) is 1. The van der Waals surface area contributed by atoms with Gasteiger partial charge in [-0.3, -0.25) is 4.79 Å². The van der Waals surface area contributed by atoms with Gasteiger partial charge >= 0.3 is 5.97 Å². The van der Waals surface area contributed by atoms with Gasteiger partial charge in [-0.1, -0.05) is 60.7 Å². The van der Waals surface area contributed by atoms with Crippen LogP contribution in [-0.2, 0) is 9.53 Å². The Hall–Kier alpha value is -2.09. The van der Waals surface area contributed by atoms with Crippen LogP contribution < -0.4 is 0 Å². The van der Waals surface area contributed by atoms with E-state index in [2.05, 4.69) is 24.3 Å². The second kappa shape index (κ2) is 5.12. The molecule has 0 radical (unpaired) electrons. The maximum absolute atomic E-state index is 11.6. The number of carbonyl (C=O) groups excluding carboxylic acids is 1. The van der Waals surface area contributed by atoms with Crippen molar-refractivity contribution in [3.8, 4) is 0 Å². The van der Waals surface area contributed by atoms with Crippen LogP contribution in [0.4, 0.5) is 0 Å². The Morgan fingerprint density at radius 2 is 1.45 bits per heavy atom. The number of hydrogen-bond donors (Lipinski definition) is 0. The molecule has 1 heterocycles. The quantitative estimate of drug-likeness (QED) is 0.787. The maximum atomic E-state index is 11.6. The van der Waals surface area contributed by atoms with Crippen molar-refractivity contribution in [3.63, 3.8) is 0 Å². The van der Waals surface area contributed by atoms with Crippen molar-refractivity contribution >= 4 is 5.97 Å². The zero-order valence-corrected chi connectivity index (χ0v) is 11.6. The number of benzene rings is 2. The van der Waals surface area contributed by atoms with E-state index in [1.54, 1.807) is 0 Å². The minimum Gasteiger partial charge on any atom is -0.458 e. The first-order valence-corrected chi connectivity index (χ1v) is 7.01. The Kier molecular flexibility index (Phi) is 3.31. The monoisotopic (exact) mass is 266 g/mol. The van der Waals surface area contributed by atoms with Gasteiger partial charge in [-0.2, -0.15) is 0 Å². The minimum atomic E-state index is -0.459. The lowest BCUT2D eigenvalue weighted by molar-refractivity contribution is -0.148. The topological polar surface area (TPSA) is 26.3 Å². The second-order valence-electron chi connectivity index (χ2n) is 5.54. The summed E-state index contributed by atoms with van der Waals surface area (Å²) < 4.78 is 5.68. The number of hydrogen-bond acceptors (Lipinski definition) is 2. The molecule has 0 spiro atoms. The van der Waals surface area contributed by atoms with Crippen molar-refractivity contribution in [1.29, 1.82) is 0 Å². The van der Waals surface area contributed by atoms with E-state index in [1.165, 1.54) is 11.1 Å². The molecule has 1 aliphatic rings. The first kappa shape index (κ1) is 12.9. The molecule has 3 rings (SSSR count). The zero-order chi connectivity index (χ0) is 14.0. The fourth-order valence-electron chi connectivity index (χ4n) is 3.10. The standard InChI is InChI=1S/C18H18O2/c1-18(13-12-16(19)20-18)17(14-8-4-2-5-9-14)15-10-6-3-7-11-15/h2-11,17H,12-13H2,1H3. The smallest absolute Gasteiger partial charge is 0.306 e. The molecule has 0 aliphatic carbocycles. The van der Waals surface area contributed by atoms with Gasteiger partial charge in [-0.15, -0.1) is 0 Å². The number of cyclic esters (lactones) is 1. The highest BCUT2D eigenvalue weighted by Crippen LogP contribution is 2.43. The van der Waals surface area contributed by atoms with Crippen molar-refractivity contribution in [2.24, 2.45) is 0 Å². The van der Waals surface area contributed by atoms with Crippen LogP contribution in [0.5, 0.6) is 0 Å². The molecule has 2 heteroatoms. The average molecular weight is 266 g/mol. The maximum Gasteiger partial charge on any atom is 0.306 e. The summed E-state index contributed by atoms with van der Waals surface area (Å²) in [5, 5.41) is 0. The molecule has 1 unspecified atom stereocenters. The molecular formula is C18H18O2. The molecule has 0 amide bonds. The Morgan fingerprint density at radius 1 is 0.950 bits per heavy atom. The highest BCUT2D eigenvalue weighted by Gasteiger charge is 2.44. The van der Waals surface area contributed by atoms with Gasteiger partial charge in [-0.05, 0) is 24.5 Å². The van der Waals surface area contributed by atoms with Gasteiger partial charge in [-0.25, -0.2) is 0 Å². The third kappa shape index (κ3) is 2.34. The van der Waals surface area contributed by atoms with Gasteiger partial charge in [0.25, 0.3) is 0 Å². The van der Waals surface area contributed by atoms with Crippen LogP contribution in [0.3, 0.4) is 0 Å².